The summed E-state index contributed by atoms with van der Waals surface area (Å²) in [7, 11) is 0. The van der Waals surface area contributed by atoms with Gasteiger partial charge in [0.15, 0.2) is 11.3 Å². The molecule has 0 atom stereocenters. The molecule has 0 spiro atoms. The van der Waals surface area contributed by atoms with Crippen LogP contribution in [0.3, 0.4) is 0 Å². The Kier molecular flexibility index (Phi) is 4.43. The highest BCUT2D eigenvalue weighted by Gasteiger charge is 2.25. The minimum absolute atomic E-state index is 0.549. The summed E-state index contributed by atoms with van der Waals surface area (Å²) in [5.41, 5.74) is 8.47. The molecule has 0 aliphatic heterocycles. The van der Waals surface area contributed by atoms with Crippen LogP contribution in [0.4, 0.5) is 5.69 Å². The van der Waals surface area contributed by atoms with Crippen LogP contribution in [-0.4, -0.2) is 23.9 Å². The molecule has 44 heavy (non-hydrogen) atoms. The van der Waals surface area contributed by atoms with Gasteiger partial charge in [-0.3, -0.25) is 4.57 Å². The van der Waals surface area contributed by atoms with Gasteiger partial charge in [-0.05, 0) is 48.0 Å². The van der Waals surface area contributed by atoms with Crippen LogP contribution >= 0.6 is 0 Å². The van der Waals surface area contributed by atoms with Crippen molar-refractivity contribution in [3.63, 3.8) is 0 Å². The first-order valence-electron chi connectivity index (χ1n) is 14.5. The number of aromatic nitrogens is 5. The fraction of sp³-hybridized carbons (Fsp3) is 0. The fourth-order valence-electron chi connectivity index (χ4n) is 7.16. The molecule has 0 bridgehead atoms. The van der Waals surface area contributed by atoms with E-state index in [0.29, 0.717) is 17.3 Å². The molecule has 0 saturated carbocycles. The van der Waals surface area contributed by atoms with Crippen LogP contribution < -0.4 is 0 Å². The number of hydrogen-bond donors (Lipinski definition) is 0. The first kappa shape index (κ1) is 23.3. The lowest BCUT2D eigenvalue weighted by Crippen LogP contribution is -2.04. The Balaban J connectivity index is 1.44. The van der Waals surface area contributed by atoms with Gasteiger partial charge in [0, 0.05) is 43.9 Å². The van der Waals surface area contributed by atoms with Gasteiger partial charge in [-0.2, -0.15) is 4.98 Å². The molecule has 5 aromatic heterocycles. The van der Waals surface area contributed by atoms with Gasteiger partial charge in [-0.25, -0.2) is 14.8 Å². The molecule has 0 aliphatic carbocycles. The van der Waals surface area contributed by atoms with E-state index in [4.69, 9.17) is 16.5 Å². The summed E-state index contributed by atoms with van der Waals surface area (Å²) in [6, 6.07) is 39.6. The molecule has 10 aromatic rings. The highest BCUT2D eigenvalue weighted by Crippen LogP contribution is 2.46. The maximum atomic E-state index is 7.59. The van der Waals surface area contributed by atoms with Crippen molar-refractivity contribution in [2.45, 2.75) is 0 Å². The van der Waals surface area contributed by atoms with Crippen molar-refractivity contribution in [1.82, 2.24) is 23.9 Å². The van der Waals surface area contributed by atoms with Gasteiger partial charge in [0.25, 0.3) is 0 Å². The SMILES string of the molecule is [C-]#[N+]c1cccc(-c2nc(-n3c4ccccc4c4cc5c6ccccc6n6c7ccccc7c(c43)c56)nc3ncccc23)c1. The molecule has 6 nitrogen and oxygen atoms in total. The molecule has 0 aliphatic rings. The molecule has 6 heteroatoms. The zero-order chi connectivity index (χ0) is 28.9. The third-order valence-corrected chi connectivity index (χ3v) is 8.91. The smallest absolute Gasteiger partial charge is 0.237 e. The Morgan fingerprint density at radius 1 is 0.568 bits per heavy atom. The van der Waals surface area contributed by atoms with Crippen LogP contribution in [0.15, 0.2) is 121 Å². The van der Waals surface area contributed by atoms with Gasteiger partial charge < -0.3 is 4.40 Å². The Hall–Kier alpha value is -6.32. The molecular formula is C38H20N6. The molecule has 10 rings (SSSR count). The Morgan fingerprint density at radius 2 is 1.25 bits per heavy atom. The molecule has 0 unspecified atom stereocenters. The van der Waals surface area contributed by atoms with Crippen molar-refractivity contribution in [2.75, 3.05) is 0 Å². The molecule has 202 valence electrons. The number of nitrogens with zero attached hydrogens (tertiary/aromatic N) is 6. The van der Waals surface area contributed by atoms with Crippen LogP contribution in [0.1, 0.15) is 0 Å². The first-order valence-corrected chi connectivity index (χ1v) is 14.5. The highest BCUT2D eigenvalue weighted by atomic mass is 15.2. The highest BCUT2D eigenvalue weighted by molar-refractivity contribution is 6.34. The van der Waals surface area contributed by atoms with Gasteiger partial charge in [0.1, 0.15) is 0 Å². The van der Waals surface area contributed by atoms with E-state index < -0.39 is 0 Å². The average molecular weight is 561 g/mol. The number of rotatable bonds is 2. The summed E-state index contributed by atoms with van der Waals surface area (Å²) in [4.78, 5) is 18.7. The molecule has 0 N–H and O–H groups in total. The topological polar surface area (TPSA) is 52.4 Å². The van der Waals surface area contributed by atoms with Crippen molar-refractivity contribution in [3.05, 3.63) is 133 Å². The molecule has 0 amide bonds. The first-order chi connectivity index (χ1) is 21.8. The maximum Gasteiger partial charge on any atom is 0.237 e. The van der Waals surface area contributed by atoms with E-state index in [1.807, 2.05) is 36.4 Å². The standard InChI is InChI=1S/C38H20N6/c1-39-23-11-8-10-22(20-23)34-27-15-9-19-40-37(27)42-38(41-34)44-31-17-6-3-13-25(31)29-21-28-24-12-2-5-16-30(24)43-32-18-7-4-14-26(32)33(35(28)43)36(29)44/h2-21H. The number of pyridine rings is 1. The third kappa shape index (κ3) is 2.90. The second-order valence-electron chi connectivity index (χ2n) is 11.2. The fourth-order valence-corrected chi connectivity index (χ4v) is 7.16. The molecule has 0 saturated heterocycles. The Morgan fingerprint density at radius 3 is 2.07 bits per heavy atom. The Bertz CT molecular complexity index is 2850. The van der Waals surface area contributed by atoms with Crippen LogP contribution in [0.5, 0.6) is 0 Å². The van der Waals surface area contributed by atoms with Crippen molar-refractivity contribution < 1.29 is 0 Å². The van der Waals surface area contributed by atoms with Crippen LogP contribution in [-0.2, 0) is 0 Å². The zero-order valence-electron chi connectivity index (χ0n) is 23.2. The van der Waals surface area contributed by atoms with Crippen LogP contribution in [0.2, 0.25) is 0 Å². The monoisotopic (exact) mass is 560 g/mol. The van der Waals surface area contributed by atoms with E-state index in [2.05, 4.69) is 97.7 Å². The predicted molar refractivity (Wildman–Crippen MR) is 178 cm³/mol. The quantitative estimate of drug-likeness (QED) is 0.198. The van der Waals surface area contributed by atoms with E-state index >= 15 is 0 Å². The van der Waals surface area contributed by atoms with Gasteiger partial charge in [0.2, 0.25) is 5.95 Å². The van der Waals surface area contributed by atoms with Crippen molar-refractivity contribution in [2.24, 2.45) is 0 Å². The van der Waals surface area contributed by atoms with Crippen molar-refractivity contribution >= 4 is 76.6 Å². The normalized spacial score (nSPS) is 12.1. The number of fused-ring (bicyclic) bond motifs is 11. The minimum Gasteiger partial charge on any atom is -0.308 e. The average Bonchev–Trinajstić information content (AvgIpc) is 3.72. The predicted octanol–water partition coefficient (Wildman–Crippen LogP) is 9.49. The number of hydrogen-bond acceptors (Lipinski definition) is 3. The minimum atomic E-state index is 0.549. The second-order valence-corrected chi connectivity index (χ2v) is 11.2. The largest absolute Gasteiger partial charge is 0.308 e. The summed E-state index contributed by atoms with van der Waals surface area (Å²) in [5, 5.41) is 7.99. The molecular weight excluding hydrogens is 540 g/mol. The summed E-state index contributed by atoms with van der Waals surface area (Å²) in [5.74, 6) is 0.549. The molecule has 0 radical (unpaired) electrons. The van der Waals surface area contributed by atoms with E-state index in [1.54, 1.807) is 6.20 Å². The lowest BCUT2D eigenvalue weighted by atomic mass is 10.0. The van der Waals surface area contributed by atoms with Gasteiger partial charge in [-0.15, -0.1) is 0 Å². The van der Waals surface area contributed by atoms with E-state index in [-0.39, 0.29) is 0 Å². The summed E-state index contributed by atoms with van der Waals surface area (Å²) >= 11 is 0. The number of benzene rings is 5. The van der Waals surface area contributed by atoms with Crippen LogP contribution in [0, 0.1) is 6.57 Å². The Labute approximate surface area is 250 Å². The van der Waals surface area contributed by atoms with Crippen molar-refractivity contribution in [3.8, 4) is 17.2 Å². The number of para-hydroxylation sites is 3. The van der Waals surface area contributed by atoms with Gasteiger partial charge >= 0.3 is 0 Å². The van der Waals surface area contributed by atoms with E-state index in [0.717, 1.165) is 38.4 Å². The van der Waals surface area contributed by atoms with E-state index in [1.165, 1.54) is 38.1 Å². The molecule has 0 fully saturated rings. The molecule has 5 heterocycles. The zero-order valence-corrected chi connectivity index (χ0v) is 23.2. The molecule has 5 aromatic carbocycles. The second kappa shape index (κ2) is 8.37. The van der Waals surface area contributed by atoms with Crippen LogP contribution in [0.25, 0.3) is 93.0 Å². The van der Waals surface area contributed by atoms with Gasteiger partial charge in [-0.1, -0.05) is 72.8 Å². The third-order valence-electron chi connectivity index (χ3n) is 8.91. The summed E-state index contributed by atoms with van der Waals surface area (Å²) in [6.45, 7) is 7.59. The summed E-state index contributed by atoms with van der Waals surface area (Å²) in [6.07, 6.45) is 1.77. The van der Waals surface area contributed by atoms with E-state index in [9.17, 15) is 0 Å². The van der Waals surface area contributed by atoms with Crippen molar-refractivity contribution in [1.29, 1.82) is 0 Å². The lowest BCUT2D eigenvalue weighted by molar-refractivity contribution is 1.01. The maximum absolute atomic E-state index is 7.59. The lowest BCUT2D eigenvalue weighted by Gasteiger charge is -2.12. The summed E-state index contributed by atoms with van der Waals surface area (Å²) < 4.78 is 4.61. The van der Waals surface area contributed by atoms with Gasteiger partial charge in [0.05, 0.1) is 39.8 Å².